The van der Waals surface area contributed by atoms with Gasteiger partial charge in [0.15, 0.2) is 0 Å². The first kappa shape index (κ1) is 16.8. The molecule has 27 heavy (non-hydrogen) atoms. The fourth-order valence-electron chi connectivity index (χ4n) is 3.25. The molecule has 0 spiro atoms. The van der Waals surface area contributed by atoms with Crippen molar-refractivity contribution in [3.05, 3.63) is 77.3 Å². The van der Waals surface area contributed by atoms with Crippen LogP contribution in [0.15, 0.2) is 66.1 Å². The maximum Gasteiger partial charge on any atom is 0.255 e. The van der Waals surface area contributed by atoms with Crippen LogP contribution in [0.1, 0.15) is 24.1 Å². The van der Waals surface area contributed by atoms with Crippen LogP contribution >= 0.6 is 0 Å². The minimum absolute atomic E-state index is 0.165. The molecule has 2 heterocycles. The highest BCUT2D eigenvalue weighted by atomic mass is 16.3. The van der Waals surface area contributed by atoms with Gasteiger partial charge in [-0.15, -0.1) is 0 Å². The minimum Gasteiger partial charge on any atom is -0.508 e. The summed E-state index contributed by atoms with van der Waals surface area (Å²) in [6, 6.07) is 13.9. The van der Waals surface area contributed by atoms with Gasteiger partial charge in [0, 0.05) is 11.4 Å². The number of hydrogen-bond acceptors (Lipinski definition) is 5. The molecule has 7 heteroatoms. The second-order valence-corrected chi connectivity index (χ2v) is 6.46. The Morgan fingerprint density at radius 3 is 2.63 bits per heavy atom. The lowest BCUT2D eigenvalue weighted by Crippen LogP contribution is -2.31. The van der Waals surface area contributed by atoms with Crippen LogP contribution in [0, 0.1) is 6.92 Å². The molecule has 0 fully saturated rings. The summed E-state index contributed by atoms with van der Waals surface area (Å²) in [5.74, 6) is 0.518. The van der Waals surface area contributed by atoms with E-state index >= 15 is 0 Å². The SMILES string of the molecule is CC1=C(C(=O)Nc2ccccc2C)[C@@H](c2ccc(O)cc2)n2ncnc2N1. The Morgan fingerprint density at radius 1 is 1.15 bits per heavy atom. The number of para-hydroxylation sites is 1. The topological polar surface area (TPSA) is 92.1 Å². The van der Waals surface area contributed by atoms with Crippen molar-refractivity contribution in [3.8, 4) is 5.75 Å². The highest BCUT2D eigenvalue weighted by Crippen LogP contribution is 2.35. The first-order valence-electron chi connectivity index (χ1n) is 8.58. The fraction of sp³-hybridized carbons (Fsp3) is 0.150. The van der Waals surface area contributed by atoms with Crippen molar-refractivity contribution in [1.29, 1.82) is 0 Å². The Hall–Kier alpha value is -3.61. The van der Waals surface area contributed by atoms with E-state index in [0.717, 1.165) is 16.8 Å². The third-order valence-corrected chi connectivity index (χ3v) is 4.64. The van der Waals surface area contributed by atoms with Crippen molar-refractivity contribution in [2.75, 3.05) is 10.6 Å². The van der Waals surface area contributed by atoms with Crippen molar-refractivity contribution in [2.24, 2.45) is 0 Å². The zero-order valence-electron chi connectivity index (χ0n) is 15.0. The van der Waals surface area contributed by atoms with Crippen LogP contribution < -0.4 is 10.6 Å². The van der Waals surface area contributed by atoms with Gasteiger partial charge < -0.3 is 15.7 Å². The van der Waals surface area contributed by atoms with Gasteiger partial charge in [0.2, 0.25) is 5.95 Å². The van der Waals surface area contributed by atoms with Crippen LogP contribution in [0.4, 0.5) is 11.6 Å². The third kappa shape index (κ3) is 3.03. The predicted octanol–water partition coefficient (Wildman–Crippen LogP) is 3.22. The number of fused-ring (bicyclic) bond motifs is 1. The highest BCUT2D eigenvalue weighted by molar-refractivity contribution is 6.06. The first-order chi connectivity index (χ1) is 13.0. The lowest BCUT2D eigenvalue weighted by Gasteiger charge is -2.29. The van der Waals surface area contributed by atoms with Crippen LogP contribution in [0.3, 0.4) is 0 Å². The van der Waals surface area contributed by atoms with Gasteiger partial charge in [0.1, 0.15) is 18.1 Å². The van der Waals surface area contributed by atoms with Gasteiger partial charge in [-0.1, -0.05) is 30.3 Å². The van der Waals surface area contributed by atoms with Gasteiger partial charge in [-0.05, 0) is 43.2 Å². The number of hydrogen-bond donors (Lipinski definition) is 3. The van der Waals surface area contributed by atoms with Crippen LogP contribution in [-0.2, 0) is 4.79 Å². The molecular formula is C20H19N5O2. The highest BCUT2D eigenvalue weighted by Gasteiger charge is 2.33. The van der Waals surface area contributed by atoms with Gasteiger partial charge in [-0.25, -0.2) is 4.68 Å². The molecule has 7 nitrogen and oxygen atoms in total. The third-order valence-electron chi connectivity index (χ3n) is 4.64. The number of nitrogens with zero attached hydrogens (tertiary/aromatic N) is 3. The van der Waals surface area contributed by atoms with Gasteiger partial charge in [-0.2, -0.15) is 10.1 Å². The maximum absolute atomic E-state index is 13.2. The number of nitrogens with one attached hydrogen (secondary N) is 2. The molecule has 3 aromatic rings. The van der Waals surface area contributed by atoms with Gasteiger partial charge in [-0.3, -0.25) is 4.79 Å². The van der Waals surface area contributed by atoms with E-state index in [9.17, 15) is 9.90 Å². The molecule has 0 saturated heterocycles. The molecule has 1 amide bonds. The lowest BCUT2D eigenvalue weighted by molar-refractivity contribution is -0.113. The molecular weight excluding hydrogens is 342 g/mol. The number of phenols is 1. The van der Waals surface area contributed by atoms with E-state index in [2.05, 4.69) is 20.7 Å². The molecule has 0 aliphatic carbocycles. The average Bonchev–Trinajstić information content (AvgIpc) is 3.11. The van der Waals surface area contributed by atoms with E-state index in [1.165, 1.54) is 6.33 Å². The Labute approximate surface area is 156 Å². The molecule has 3 N–H and O–H groups in total. The summed E-state index contributed by atoms with van der Waals surface area (Å²) in [6.07, 6.45) is 1.45. The lowest BCUT2D eigenvalue weighted by atomic mass is 9.95. The molecule has 1 atom stereocenters. The van der Waals surface area contributed by atoms with E-state index in [4.69, 9.17) is 0 Å². The standard InChI is InChI=1S/C20H19N5O2/c1-12-5-3-4-6-16(12)24-19(27)17-13(2)23-20-21-11-22-25(20)18(17)14-7-9-15(26)10-8-14/h3-11,18,26H,1-2H3,(H,24,27)(H,21,22,23)/t18-/m1/s1. The maximum atomic E-state index is 13.2. The van der Waals surface area contributed by atoms with Crippen LogP contribution in [0.2, 0.25) is 0 Å². The van der Waals surface area contributed by atoms with Crippen molar-refractivity contribution in [2.45, 2.75) is 19.9 Å². The second-order valence-electron chi connectivity index (χ2n) is 6.46. The van der Waals surface area contributed by atoms with E-state index in [1.54, 1.807) is 28.9 Å². The second kappa shape index (κ2) is 6.60. The summed E-state index contributed by atoms with van der Waals surface area (Å²) >= 11 is 0. The number of allylic oxidation sites excluding steroid dienone is 1. The van der Waals surface area contributed by atoms with Gasteiger partial charge in [0.25, 0.3) is 5.91 Å². The normalized spacial score (nSPS) is 15.9. The van der Waals surface area contributed by atoms with E-state index < -0.39 is 6.04 Å². The molecule has 0 unspecified atom stereocenters. The Kier molecular flexibility index (Phi) is 4.12. The van der Waals surface area contributed by atoms with E-state index in [0.29, 0.717) is 17.2 Å². The summed E-state index contributed by atoms with van der Waals surface area (Å²) in [5.41, 5.74) is 3.82. The van der Waals surface area contributed by atoms with Crippen molar-refractivity contribution < 1.29 is 9.90 Å². The molecule has 1 aromatic heterocycles. The summed E-state index contributed by atoms with van der Waals surface area (Å²) in [7, 11) is 0. The number of carbonyl (C=O) groups is 1. The molecule has 4 rings (SSSR count). The number of benzene rings is 2. The summed E-state index contributed by atoms with van der Waals surface area (Å²) in [4.78, 5) is 17.4. The number of anilines is 2. The average molecular weight is 361 g/mol. The summed E-state index contributed by atoms with van der Waals surface area (Å²) < 4.78 is 1.67. The van der Waals surface area contributed by atoms with Crippen LogP contribution in [0.5, 0.6) is 5.75 Å². The van der Waals surface area contributed by atoms with Crippen molar-refractivity contribution in [3.63, 3.8) is 0 Å². The number of aromatic nitrogens is 3. The molecule has 1 aliphatic heterocycles. The predicted molar refractivity (Wildman–Crippen MR) is 102 cm³/mol. The molecule has 1 aliphatic rings. The largest absolute Gasteiger partial charge is 0.508 e. The van der Waals surface area contributed by atoms with Gasteiger partial charge in [0.05, 0.1) is 5.57 Å². The smallest absolute Gasteiger partial charge is 0.255 e. The number of rotatable bonds is 3. The fourth-order valence-corrected chi connectivity index (χ4v) is 3.25. The summed E-state index contributed by atoms with van der Waals surface area (Å²) in [5, 5.41) is 20.1. The van der Waals surface area contributed by atoms with Crippen molar-refractivity contribution >= 4 is 17.5 Å². The molecule has 2 aromatic carbocycles. The first-order valence-corrected chi connectivity index (χ1v) is 8.58. The van der Waals surface area contributed by atoms with Crippen LogP contribution in [0.25, 0.3) is 0 Å². The number of phenolic OH excluding ortho intramolecular Hbond substituents is 1. The Bertz CT molecular complexity index is 1040. The Morgan fingerprint density at radius 2 is 1.89 bits per heavy atom. The van der Waals surface area contributed by atoms with Crippen LogP contribution in [-0.4, -0.2) is 25.8 Å². The molecule has 0 bridgehead atoms. The molecule has 0 saturated carbocycles. The minimum atomic E-state index is -0.451. The molecule has 136 valence electrons. The number of carbonyl (C=O) groups excluding carboxylic acids is 1. The zero-order chi connectivity index (χ0) is 19.0. The van der Waals surface area contributed by atoms with E-state index in [-0.39, 0.29) is 11.7 Å². The summed E-state index contributed by atoms with van der Waals surface area (Å²) in [6.45, 7) is 3.79. The zero-order valence-corrected chi connectivity index (χ0v) is 15.0. The monoisotopic (exact) mass is 361 g/mol. The number of aromatic hydroxyl groups is 1. The number of amides is 1. The van der Waals surface area contributed by atoms with Crippen molar-refractivity contribution in [1.82, 2.24) is 14.8 Å². The molecule has 0 radical (unpaired) electrons. The van der Waals surface area contributed by atoms with Gasteiger partial charge >= 0.3 is 0 Å². The number of aryl methyl sites for hydroxylation is 1. The quantitative estimate of drug-likeness (QED) is 0.666. The van der Waals surface area contributed by atoms with E-state index in [1.807, 2.05) is 38.1 Å². The Balaban J connectivity index is 1.77.